The van der Waals surface area contributed by atoms with Crippen LogP contribution in [0.2, 0.25) is 0 Å². The van der Waals surface area contributed by atoms with E-state index in [4.69, 9.17) is 9.47 Å². The molecule has 1 N–H and O–H groups in total. The third kappa shape index (κ3) is 3.98. The summed E-state index contributed by atoms with van der Waals surface area (Å²) in [6.07, 6.45) is 1.19. The Kier molecular flexibility index (Phi) is 5.62. The summed E-state index contributed by atoms with van der Waals surface area (Å²) < 4.78 is 12.6. The van der Waals surface area contributed by atoms with E-state index in [1.165, 1.54) is 6.42 Å². The summed E-state index contributed by atoms with van der Waals surface area (Å²) in [6.45, 7) is 7.48. The van der Waals surface area contributed by atoms with Crippen LogP contribution in [0.3, 0.4) is 0 Å². The summed E-state index contributed by atoms with van der Waals surface area (Å²) >= 11 is 0. The van der Waals surface area contributed by atoms with Crippen molar-refractivity contribution in [1.82, 2.24) is 4.90 Å². The van der Waals surface area contributed by atoms with Crippen molar-refractivity contribution in [2.75, 3.05) is 19.6 Å². The van der Waals surface area contributed by atoms with Crippen molar-refractivity contribution in [1.29, 1.82) is 0 Å². The normalized spacial score (nSPS) is 18.6. The Labute approximate surface area is 189 Å². The predicted octanol–water partition coefficient (Wildman–Crippen LogP) is 5.93. The number of hydrogen-bond donors (Lipinski definition) is 1. The highest BCUT2D eigenvalue weighted by atomic mass is 16.5. The molecule has 1 fully saturated rings. The number of phenolic OH excluding ortho intramolecular Hbond substituents is 1. The largest absolute Gasteiger partial charge is 0.508 e. The van der Waals surface area contributed by atoms with Gasteiger partial charge in [0.2, 0.25) is 0 Å². The first-order valence-corrected chi connectivity index (χ1v) is 11.4. The monoisotopic (exact) mass is 427 g/mol. The number of phenols is 1. The molecule has 2 aliphatic rings. The van der Waals surface area contributed by atoms with Gasteiger partial charge < -0.3 is 14.6 Å². The van der Waals surface area contributed by atoms with Crippen LogP contribution in [0.25, 0.3) is 11.1 Å². The van der Waals surface area contributed by atoms with Gasteiger partial charge in [0, 0.05) is 30.3 Å². The SMILES string of the molecule is CCCN1CC(Oc2ccc([C@@H]3Oc4cc(O)ccc4C(C)=C3c3ccccc3)cc2)C1. The summed E-state index contributed by atoms with van der Waals surface area (Å²) in [4.78, 5) is 2.42. The molecule has 0 saturated carbocycles. The zero-order valence-electron chi connectivity index (χ0n) is 18.6. The Morgan fingerprint density at radius 3 is 2.47 bits per heavy atom. The summed E-state index contributed by atoms with van der Waals surface area (Å²) in [6, 6.07) is 24.0. The van der Waals surface area contributed by atoms with Crippen LogP contribution in [0.15, 0.2) is 72.8 Å². The van der Waals surface area contributed by atoms with Gasteiger partial charge in [-0.05, 0) is 60.9 Å². The van der Waals surface area contributed by atoms with Gasteiger partial charge >= 0.3 is 0 Å². The highest BCUT2D eigenvalue weighted by Crippen LogP contribution is 2.47. The molecule has 0 radical (unpaired) electrons. The number of allylic oxidation sites excluding steroid dienone is 1. The second-order valence-electron chi connectivity index (χ2n) is 8.65. The lowest BCUT2D eigenvalue weighted by atomic mass is 9.86. The first kappa shape index (κ1) is 20.7. The molecule has 164 valence electrons. The second-order valence-corrected chi connectivity index (χ2v) is 8.65. The van der Waals surface area contributed by atoms with Gasteiger partial charge in [-0.25, -0.2) is 0 Å². The lowest BCUT2D eigenvalue weighted by Crippen LogP contribution is -2.53. The van der Waals surface area contributed by atoms with E-state index in [0.29, 0.717) is 5.75 Å². The standard InChI is InChI=1S/C28H29NO3/c1-3-15-29-17-24(18-29)31-23-12-9-21(10-13-23)28-27(20-7-5-4-6-8-20)19(2)25-14-11-22(30)16-26(25)32-28/h4-14,16,24,28,30H,3,15,17-18H2,1-2H3/t28-/m0/s1. The molecule has 0 bridgehead atoms. The minimum Gasteiger partial charge on any atom is -0.508 e. The summed E-state index contributed by atoms with van der Waals surface area (Å²) in [7, 11) is 0. The molecule has 2 heterocycles. The van der Waals surface area contributed by atoms with Gasteiger partial charge in [0.1, 0.15) is 29.5 Å². The fourth-order valence-electron chi connectivity index (χ4n) is 4.68. The number of likely N-dealkylation sites (tertiary alicyclic amines) is 1. The molecule has 3 aromatic rings. The third-order valence-corrected chi connectivity index (χ3v) is 6.31. The van der Waals surface area contributed by atoms with E-state index in [1.807, 2.05) is 24.3 Å². The zero-order valence-corrected chi connectivity index (χ0v) is 18.6. The van der Waals surface area contributed by atoms with Gasteiger partial charge in [0.25, 0.3) is 0 Å². The Bertz CT molecular complexity index is 1120. The molecule has 1 atom stereocenters. The summed E-state index contributed by atoms with van der Waals surface area (Å²) in [5, 5.41) is 10.00. The minimum absolute atomic E-state index is 0.208. The molecule has 0 unspecified atom stereocenters. The molecule has 0 spiro atoms. The van der Waals surface area contributed by atoms with Crippen LogP contribution in [-0.4, -0.2) is 35.7 Å². The van der Waals surface area contributed by atoms with Crippen molar-refractivity contribution in [3.8, 4) is 17.2 Å². The van der Waals surface area contributed by atoms with E-state index in [9.17, 15) is 5.11 Å². The van der Waals surface area contributed by atoms with Crippen LogP contribution in [0.1, 0.15) is 43.1 Å². The van der Waals surface area contributed by atoms with Crippen molar-refractivity contribution in [3.63, 3.8) is 0 Å². The first-order chi connectivity index (χ1) is 15.6. The molecule has 0 amide bonds. The van der Waals surface area contributed by atoms with Gasteiger partial charge in [-0.15, -0.1) is 0 Å². The van der Waals surface area contributed by atoms with Crippen molar-refractivity contribution in [3.05, 3.63) is 89.5 Å². The molecule has 32 heavy (non-hydrogen) atoms. The molecular weight excluding hydrogens is 398 g/mol. The van der Waals surface area contributed by atoms with Crippen LogP contribution in [0, 0.1) is 0 Å². The van der Waals surface area contributed by atoms with Gasteiger partial charge in [-0.2, -0.15) is 0 Å². The molecule has 0 aromatic heterocycles. The molecule has 4 nitrogen and oxygen atoms in total. The average Bonchev–Trinajstić information content (AvgIpc) is 2.78. The van der Waals surface area contributed by atoms with Crippen LogP contribution < -0.4 is 9.47 Å². The Morgan fingerprint density at radius 1 is 1.00 bits per heavy atom. The lowest BCUT2D eigenvalue weighted by Gasteiger charge is -2.38. The fraction of sp³-hybridized carbons (Fsp3) is 0.286. The van der Waals surface area contributed by atoms with E-state index in [2.05, 4.69) is 55.1 Å². The number of aromatic hydroxyl groups is 1. The summed E-state index contributed by atoms with van der Waals surface area (Å²) in [5.74, 6) is 1.81. The van der Waals surface area contributed by atoms with E-state index in [1.54, 1.807) is 12.1 Å². The van der Waals surface area contributed by atoms with Gasteiger partial charge in [-0.1, -0.05) is 49.4 Å². The van der Waals surface area contributed by atoms with Crippen molar-refractivity contribution >= 4 is 11.1 Å². The topological polar surface area (TPSA) is 41.9 Å². The maximum Gasteiger partial charge on any atom is 0.150 e. The lowest BCUT2D eigenvalue weighted by molar-refractivity contribution is 0.0202. The quantitative estimate of drug-likeness (QED) is 0.529. The van der Waals surface area contributed by atoms with Crippen LogP contribution in [0.4, 0.5) is 0 Å². The fourth-order valence-corrected chi connectivity index (χ4v) is 4.68. The number of nitrogens with zero attached hydrogens (tertiary/aromatic N) is 1. The molecule has 4 heteroatoms. The highest BCUT2D eigenvalue weighted by Gasteiger charge is 2.30. The van der Waals surface area contributed by atoms with E-state index < -0.39 is 0 Å². The number of fused-ring (bicyclic) bond motifs is 1. The number of rotatable bonds is 6. The molecular formula is C28H29NO3. The van der Waals surface area contributed by atoms with Crippen LogP contribution in [-0.2, 0) is 0 Å². The molecule has 1 saturated heterocycles. The van der Waals surface area contributed by atoms with Crippen molar-refractivity contribution in [2.45, 2.75) is 32.5 Å². The number of hydrogen-bond acceptors (Lipinski definition) is 4. The zero-order chi connectivity index (χ0) is 22.1. The maximum absolute atomic E-state index is 10.00. The highest BCUT2D eigenvalue weighted by molar-refractivity contribution is 5.95. The number of ether oxygens (including phenoxy) is 2. The Hall–Kier alpha value is -3.24. The summed E-state index contributed by atoms with van der Waals surface area (Å²) in [5.41, 5.74) is 5.52. The van der Waals surface area contributed by atoms with E-state index >= 15 is 0 Å². The number of benzene rings is 3. The van der Waals surface area contributed by atoms with Gasteiger partial charge in [-0.3, -0.25) is 4.90 Å². The second kappa shape index (κ2) is 8.71. The van der Waals surface area contributed by atoms with Crippen LogP contribution in [0.5, 0.6) is 17.2 Å². The third-order valence-electron chi connectivity index (χ3n) is 6.31. The molecule has 0 aliphatic carbocycles. The first-order valence-electron chi connectivity index (χ1n) is 11.4. The molecule has 2 aliphatic heterocycles. The Morgan fingerprint density at radius 2 is 1.75 bits per heavy atom. The molecule has 5 rings (SSSR count). The average molecular weight is 428 g/mol. The van der Waals surface area contributed by atoms with Gasteiger partial charge in [0.05, 0.1) is 0 Å². The van der Waals surface area contributed by atoms with Crippen molar-refractivity contribution in [2.24, 2.45) is 0 Å². The predicted molar refractivity (Wildman–Crippen MR) is 128 cm³/mol. The van der Waals surface area contributed by atoms with E-state index in [-0.39, 0.29) is 18.0 Å². The maximum atomic E-state index is 10.00. The van der Waals surface area contributed by atoms with E-state index in [0.717, 1.165) is 53.2 Å². The molecule has 3 aromatic carbocycles. The van der Waals surface area contributed by atoms with Crippen molar-refractivity contribution < 1.29 is 14.6 Å². The van der Waals surface area contributed by atoms with Crippen LogP contribution >= 0.6 is 0 Å². The smallest absolute Gasteiger partial charge is 0.150 e. The Balaban J connectivity index is 1.43. The minimum atomic E-state index is -0.260. The van der Waals surface area contributed by atoms with Gasteiger partial charge in [0.15, 0.2) is 0 Å².